The SMILES string of the molecule is CCC(=O)N[C@H]1C[C@@H](n2cnc3c(NCCN4CCC(Cc5ccccc5)CC4)nc(N4CC[C@@H](N(C)C)C4)nc32)[C@H](O)[C@@H]1O. The first-order chi connectivity index (χ1) is 21.8. The van der Waals surface area contributed by atoms with Crippen molar-refractivity contribution in [2.45, 2.75) is 75.8 Å². The fraction of sp³-hybridized carbons (Fsp3) is 0.636. The first-order valence-corrected chi connectivity index (χ1v) is 16.6. The molecule has 1 saturated carbocycles. The van der Waals surface area contributed by atoms with Gasteiger partial charge in [0.05, 0.1) is 18.4 Å². The fourth-order valence-electron chi connectivity index (χ4n) is 7.19. The molecule has 244 valence electrons. The number of aliphatic hydroxyl groups is 2. The van der Waals surface area contributed by atoms with E-state index < -0.39 is 24.3 Å². The molecular formula is C33H49N9O3. The average Bonchev–Trinajstić information content (AvgIpc) is 3.77. The molecule has 3 aromatic rings. The first-order valence-electron chi connectivity index (χ1n) is 16.6. The van der Waals surface area contributed by atoms with E-state index in [9.17, 15) is 15.0 Å². The van der Waals surface area contributed by atoms with Gasteiger partial charge in [0.1, 0.15) is 12.2 Å². The van der Waals surface area contributed by atoms with Crippen molar-refractivity contribution in [3.63, 3.8) is 0 Å². The summed E-state index contributed by atoms with van der Waals surface area (Å²) >= 11 is 0. The van der Waals surface area contributed by atoms with Gasteiger partial charge in [0.25, 0.3) is 0 Å². The minimum absolute atomic E-state index is 0.150. The minimum Gasteiger partial charge on any atom is -0.388 e. The Morgan fingerprint density at radius 3 is 2.53 bits per heavy atom. The summed E-state index contributed by atoms with van der Waals surface area (Å²) in [4.78, 5) is 33.7. The lowest BCUT2D eigenvalue weighted by Crippen LogP contribution is -2.42. The summed E-state index contributed by atoms with van der Waals surface area (Å²) in [6.45, 7) is 7.30. The van der Waals surface area contributed by atoms with Crippen molar-refractivity contribution in [3.05, 3.63) is 42.2 Å². The molecule has 1 aliphatic carbocycles. The molecule has 5 atom stereocenters. The molecular weight excluding hydrogens is 570 g/mol. The van der Waals surface area contributed by atoms with E-state index in [1.165, 1.54) is 18.4 Å². The minimum atomic E-state index is -1.07. The Morgan fingerprint density at radius 2 is 1.82 bits per heavy atom. The summed E-state index contributed by atoms with van der Waals surface area (Å²) in [5.74, 6) is 1.91. The summed E-state index contributed by atoms with van der Waals surface area (Å²) < 4.78 is 1.86. The van der Waals surface area contributed by atoms with Gasteiger partial charge in [-0.15, -0.1) is 0 Å². The number of anilines is 2. The number of likely N-dealkylation sites (N-methyl/N-ethyl adjacent to an activating group) is 1. The maximum atomic E-state index is 12.1. The maximum Gasteiger partial charge on any atom is 0.229 e. The van der Waals surface area contributed by atoms with Crippen LogP contribution in [0, 0.1) is 5.92 Å². The number of nitrogens with one attached hydrogen (secondary N) is 2. The number of carbonyl (C=O) groups is 1. The molecule has 3 fully saturated rings. The molecule has 0 spiro atoms. The van der Waals surface area contributed by atoms with Crippen LogP contribution in [-0.2, 0) is 11.2 Å². The molecule has 2 aliphatic heterocycles. The van der Waals surface area contributed by atoms with Crippen LogP contribution in [0.1, 0.15) is 50.6 Å². The number of likely N-dealkylation sites (tertiary alicyclic amines) is 1. The van der Waals surface area contributed by atoms with Gasteiger partial charge in [0.15, 0.2) is 17.0 Å². The highest BCUT2D eigenvalue weighted by Gasteiger charge is 2.44. The lowest BCUT2D eigenvalue weighted by molar-refractivity contribution is -0.122. The zero-order valence-electron chi connectivity index (χ0n) is 26.8. The molecule has 1 amide bonds. The molecule has 4 heterocycles. The van der Waals surface area contributed by atoms with E-state index in [1.807, 2.05) is 4.57 Å². The molecule has 45 heavy (non-hydrogen) atoms. The Bertz CT molecular complexity index is 1430. The Morgan fingerprint density at radius 1 is 1.04 bits per heavy atom. The number of aliphatic hydroxyl groups excluding tert-OH is 2. The van der Waals surface area contributed by atoms with Gasteiger partial charge in [-0.2, -0.15) is 9.97 Å². The van der Waals surface area contributed by atoms with Crippen LogP contribution in [0.2, 0.25) is 0 Å². The molecule has 12 nitrogen and oxygen atoms in total. The second-order valence-electron chi connectivity index (χ2n) is 13.3. The Labute approximate surface area is 265 Å². The average molecular weight is 620 g/mol. The number of amides is 1. The van der Waals surface area contributed by atoms with Gasteiger partial charge in [-0.1, -0.05) is 37.3 Å². The van der Waals surface area contributed by atoms with E-state index in [1.54, 1.807) is 13.3 Å². The number of rotatable bonds is 11. The molecule has 6 rings (SSSR count). The van der Waals surface area contributed by atoms with E-state index in [-0.39, 0.29) is 5.91 Å². The van der Waals surface area contributed by atoms with Gasteiger partial charge in [-0.3, -0.25) is 4.79 Å². The summed E-state index contributed by atoms with van der Waals surface area (Å²) in [5, 5.41) is 28.3. The second kappa shape index (κ2) is 14.0. The Balaban J connectivity index is 1.17. The van der Waals surface area contributed by atoms with Crippen molar-refractivity contribution >= 4 is 28.8 Å². The van der Waals surface area contributed by atoms with Gasteiger partial charge in [0.2, 0.25) is 11.9 Å². The van der Waals surface area contributed by atoms with Crippen LogP contribution >= 0.6 is 0 Å². The van der Waals surface area contributed by atoms with Crippen molar-refractivity contribution in [2.75, 3.05) is 63.6 Å². The molecule has 4 N–H and O–H groups in total. The maximum absolute atomic E-state index is 12.1. The van der Waals surface area contributed by atoms with E-state index >= 15 is 0 Å². The van der Waals surface area contributed by atoms with E-state index in [0.29, 0.717) is 41.8 Å². The van der Waals surface area contributed by atoms with Crippen molar-refractivity contribution in [3.8, 4) is 0 Å². The van der Waals surface area contributed by atoms with Crippen LogP contribution in [0.3, 0.4) is 0 Å². The molecule has 12 heteroatoms. The van der Waals surface area contributed by atoms with E-state index in [4.69, 9.17) is 15.0 Å². The van der Waals surface area contributed by atoms with Crippen LogP contribution in [0.4, 0.5) is 11.8 Å². The van der Waals surface area contributed by atoms with Gasteiger partial charge in [-0.25, -0.2) is 4.98 Å². The topological polar surface area (TPSA) is 135 Å². The molecule has 1 aromatic carbocycles. The van der Waals surface area contributed by atoms with Gasteiger partial charge < -0.3 is 40.1 Å². The number of hydrogen-bond donors (Lipinski definition) is 4. The first kappa shape index (κ1) is 31.7. The second-order valence-corrected chi connectivity index (χ2v) is 13.3. The number of aromatic nitrogens is 4. The zero-order valence-corrected chi connectivity index (χ0v) is 26.8. The number of piperidine rings is 1. The number of fused-ring (bicyclic) bond motifs is 1. The standard InChI is InChI=1S/C33H49N9O3/c1-4-27(43)36-25-19-26(30(45)29(25)44)42-21-35-28-31(37-33(38-32(28)42)41-16-12-24(20-41)39(2)3)34-13-17-40-14-10-23(11-15-40)18-22-8-6-5-7-9-22/h5-9,21,23-26,29-30,44-45H,4,10-20H2,1-3H3,(H,36,43)(H,34,37,38)/t24-,25+,26-,29-,30+/m1/s1. The van der Waals surface area contributed by atoms with Crippen LogP contribution < -0.4 is 15.5 Å². The number of benzene rings is 1. The summed E-state index contributed by atoms with van der Waals surface area (Å²) in [6.07, 6.45) is 4.85. The fourth-order valence-corrected chi connectivity index (χ4v) is 7.19. The van der Waals surface area contributed by atoms with Crippen LogP contribution in [0.25, 0.3) is 11.2 Å². The highest BCUT2D eigenvalue weighted by Crippen LogP contribution is 2.35. The number of imidazole rings is 1. The van der Waals surface area contributed by atoms with Gasteiger partial charge in [-0.05, 0) is 70.8 Å². The largest absolute Gasteiger partial charge is 0.388 e. The van der Waals surface area contributed by atoms with Crippen LogP contribution in [0.5, 0.6) is 0 Å². The van der Waals surface area contributed by atoms with Crippen LogP contribution in [0.15, 0.2) is 36.7 Å². The number of carbonyl (C=O) groups excluding carboxylic acids is 1. The van der Waals surface area contributed by atoms with Gasteiger partial charge >= 0.3 is 0 Å². The van der Waals surface area contributed by atoms with Crippen molar-refractivity contribution < 1.29 is 15.0 Å². The van der Waals surface area contributed by atoms with Gasteiger partial charge in [0, 0.05) is 38.6 Å². The molecule has 3 aliphatic rings. The normalized spacial score (nSPS) is 26.3. The Hall–Kier alpha value is -3.32. The Kier molecular flexibility index (Phi) is 9.84. The van der Waals surface area contributed by atoms with E-state index in [0.717, 1.165) is 58.0 Å². The molecule has 0 radical (unpaired) electrons. The smallest absolute Gasteiger partial charge is 0.229 e. The third kappa shape index (κ3) is 7.09. The highest BCUT2D eigenvalue weighted by atomic mass is 16.3. The van der Waals surface area contributed by atoms with E-state index in [2.05, 4.69) is 69.8 Å². The van der Waals surface area contributed by atoms with Crippen molar-refractivity contribution in [1.82, 2.24) is 34.6 Å². The third-order valence-corrected chi connectivity index (χ3v) is 10.1. The third-order valence-electron chi connectivity index (χ3n) is 10.1. The molecule has 0 unspecified atom stereocenters. The summed E-state index contributed by atoms with van der Waals surface area (Å²) in [6, 6.07) is 10.2. The lowest BCUT2D eigenvalue weighted by Gasteiger charge is -2.32. The quantitative estimate of drug-likeness (QED) is 0.252. The monoisotopic (exact) mass is 619 g/mol. The van der Waals surface area contributed by atoms with Crippen LogP contribution in [-0.4, -0.2) is 123 Å². The van der Waals surface area contributed by atoms with Crippen molar-refractivity contribution in [1.29, 1.82) is 0 Å². The number of nitrogens with zero attached hydrogens (tertiary/aromatic N) is 7. The zero-order chi connectivity index (χ0) is 31.5. The predicted molar refractivity (Wildman–Crippen MR) is 175 cm³/mol. The highest BCUT2D eigenvalue weighted by molar-refractivity contribution is 5.84. The molecule has 2 aromatic heterocycles. The number of hydrogen-bond acceptors (Lipinski definition) is 10. The lowest BCUT2D eigenvalue weighted by atomic mass is 9.90. The summed E-state index contributed by atoms with van der Waals surface area (Å²) in [7, 11) is 4.20. The van der Waals surface area contributed by atoms with Crippen molar-refractivity contribution in [2.24, 2.45) is 5.92 Å². The predicted octanol–water partition coefficient (Wildman–Crippen LogP) is 1.89. The molecule has 2 saturated heterocycles. The summed E-state index contributed by atoms with van der Waals surface area (Å²) in [5.41, 5.74) is 2.69. The molecule has 0 bridgehead atoms.